The molecule has 1 amide bonds. The third-order valence-electron chi connectivity index (χ3n) is 5.96. The number of rotatable bonds is 3. The SMILES string of the molecule is O=C(c1ccc(N2CCCC2)c(Cl)c1)N1C[C@@H]2OCC(n3cncn3)CO[C@H]2C1. The predicted molar refractivity (Wildman–Crippen MR) is 107 cm³/mol. The minimum absolute atomic E-state index is 0.00388. The molecule has 3 aliphatic heterocycles. The number of aromatic nitrogens is 3. The Labute approximate surface area is 174 Å². The average Bonchev–Trinajstić information content (AvgIpc) is 3.49. The Bertz CT molecular complexity index is 855. The smallest absolute Gasteiger partial charge is 0.254 e. The van der Waals surface area contributed by atoms with Gasteiger partial charge in [0.1, 0.15) is 30.9 Å². The number of amides is 1. The lowest BCUT2D eigenvalue weighted by Gasteiger charge is -2.21. The van der Waals surface area contributed by atoms with Gasteiger partial charge in [-0.1, -0.05) is 11.6 Å². The van der Waals surface area contributed by atoms with Crippen LogP contribution in [-0.2, 0) is 9.47 Å². The molecule has 0 unspecified atom stereocenters. The van der Waals surface area contributed by atoms with E-state index in [1.54, 1.807) is 22.0 Å². The van der Waals surface area contributed by atoms with Crippen LogP contribution in [0.25, 0.3) is 0 Å². The van der Waals surface area contributed by atoms with Crippen LogP contribution >= 0.6 is 11.6 Å². The van der Waals surface area contributed by atoms with Crippen LogP contribution in [0, 0.1) is 0 Å². The topological polar surface area (TPSA) is 72.7 Å². The molecule has 4 heterocycles. The van der Waals surface area contributed by atoms with Gasteiger partial charge in [0.25, 0.3) is 5.91 Å². The van der Waals surface area contributed by atoms with E-state index in [0.29, 0.717) is 36.9 Å². The highest BCUT2D eigenvalue weighted by atomic mass is 35.5. The molecule has 3 fully saturated rings. The number of carbonyl (C=O) groups is 1. The van der Waals surface area contributed by atoms with Gasteiger partial charge in [-0.05, 0) is 31.0 Å². The van der Waals surface area contributed by atoms with Crippen molar-refractivity contribution in [2.45, 2.75) is 31.1 Å². The molecule has 0 radical (unpaired) electrons. The maximum absolute atomic E-state index is 13.0. The van der Waals surface area contributed by atoms with E-state index >= 15 is 0 Å². The minimum Gasteiger partial charge on any atom is -0.371 e. The molecule has 0 spiro atoms. The van der Waals surface area contributed by atoms with E-state index in [0.717, 1.165) is 18.8 Å². The number of anilines is 1. The first-order chi connectivity index (χ1) is 14.2. The molecular weight excluding hydrogens is 394 g/mol. The van der Waals surface area contributed by atoms with Crippen LogP contribution in [0.4, 0.5) is 5.69 Å². The third kappa shape index (κ3) is 3.72. The molecule has 1 aromatic carbocycles. The molecule has 0 saturated carbocycles. The number of ether oxygens (including phenoxy) is 2. The number of hydrogen-bond acceptors (Lipinski definition) is 6. The Morgan fingerprint density at radius 3 is 2.45 bits per heavy atom. The van der Waals surface area contributed by atoms with Gasteiger partial charge in [0.15, 0.2) is 0 Å². The van der Waals surface area contributed by atoms with Gasteiger partial charge in [-0.25, -0.2) is 9.67 Å². The van der Waals surface area contributed by atoms with Gasteiger partial charge in [0.2, 0.25) is 0 Å². The highest BCUT2D eigenvalue weighted by Crippen LogP contribution is 2.31. The summed E-state index contributed by atoms with van der Waals surface area (Å²) >= 11 is 6.49. The van der Waals surface area contributed by atoms with Crippen molar-refractivity contribution in [1.82, 2.24) is 19.7 Å². The van der Waals surface area contributed by atoms with Crippen molar-refractivity contribution in [3.05, 3.63) is 41.4 Å². The van der Waals surface area contributed by atoms with Crippen molar-refractivity contribution in [3.8, 4) is 0 Å². The van der Waals surface area contributed by atoms with Crippen molar-refractivity contribution in [2.75, 3.05) is 44.3 Å². The monoisotopic (exact) mass is 417 g/mol. The lowest BCUT2D eigenvalue weighted by Crippen LogP contribution is -2.31. The van der Waals surface area contributed by atoms with Crippen LogP contribution in [0.15, 0.2) is 30.9 Å². The molecule has 1 aromatic heterocycles. The molecule has 2 atom stereocenters. The second-order valence-electron chi connectivity index (χ2n) is 7.84. The Balaban J connectivity index is 1.24. The zero-order valence-electron chi connectivity index (χ0n) is 16.1. The van der Waals surface area contributed by atoms with Crippen LogP contribution in [0.3, 0.4) is 0 Å². The summed E-state index contributed by atoms with van der Waals surface area (Å²) in [6.07, 6.45) is 5.28. The van der Waals surface area contributed by atoms with Gasteiger partial charge in [-0.15, -0.1) is 0 Å². The highest BCUT2D eigenvalue weighted by molar-refractivity contribution is 6.33. The molecule has 9 heteroatoms. The Morgan fingerprint density at radius 2 is 1.83 bits per heavy atom. The summed E-state index contributed by atoms with van der Waals surface area (Å²) in [4.78, 5) is 21.1. The number of benzene rings is 1. The minimum atomic E-state index is -0.133. The van der Waals surface area contributed by atoms with Gasteiger partial charge in [-0.3, -0.25) is 4.79 Å². The molecule has 0 aliphatic carbocycles. The van der Waals surface area contributed by atoms with E-state index < -0.39 is 0 Å². The van der Waals surface area contributed by atoms with Crippen LogP contribution < -0.4 is 4.90 Å². The number of fused-ring (bicyclic) bond motifs is 1. The maximum Gasteiger partial charge on any atom is 0.254 e. The molecule has 3 saturated heterocycles. The molecular formula is C20H24ClN5O3. The van der Waals surface area contributed by atoms with Crippen LogP contribution in [0.2, 0.25) is 5.02 Å². The molecule has 8 nitrogen and oxygen atoms in total. The van der Waals surface area contributed by atoms with E-state index in [1.165, 1.54) is 19.2 Å². The summed E-state index contributed by atoms with van der Waals surface area (Å²) in [5.74, 6) is -0.0343. The molecule has 5 rings (SSSR count). The lowest BCUT2D eigenvalue weighted by atomic mass is 10.1. The highest BCUT2D eigenvalue weighted by Gasteiger charge is 2.40. The Hall–Kier alpha value is -2.16. The molecule has 154 valence electrons. The van der Waals surface area contributed by atoms with Crippen LogP contribution in [-0.4, -0.2) is 77.2 Å². The van der Waals surface area contributed by atoms with E-state index in [1.807, 2.05) is 12.1 Å². The molecule has 0 N–H and O–H groups in total. The Kier molecular flexibility index (Phi) is 5.15. The van der Waals surface area contributed by atoms with Crippen LogP contribution in [0.5, 0.6) is 0 Å². The molecule has 2 aromatic rings. The van der Waals surface area contributed by atoms with E-state index in [-0.39, 0.29) is 24.2 Å². The number of likely N-dealkylation sites (tertiary alicyclic amines) is 1. The second kappa shape index (κ2) is 7.93. The van der Waals surface area contributed by atoms with Crippen molar-refractivity contribution in [2.24, 2.45) is 0 Å². The number of halogens is 1. The largest absolute Gasteiger partial charge is 0.371 e. The fourth-order valence-corrected chi connectivity index (χ4v) is 4.64. The third-order valence-corrected chi connectivity index (χ3v) is 6.26. The van der Waals surface area contributed by atoms with Gasteiger partial charge < -0.3 is 19.3 Å². The summed E-state index contributed by atoms with van der Waals surface area (Å²) < 4.78 is 13.9. The lowest BCUT2D eigenvalue weighted by molar-refractivity contribution is -0.00461. The second-order valence-corrected chi connectivity index (χ2v) is 8.25. The number of carbonyl (C=O) groups excluding carboxylic acids is 1. The first-order valence-corrected chi connectivity index (χ1v) is 10.5. The summed E-state index contributed by atoms with van der Waals surface area (Å²) in [7, 11) is 0. The maximum atomic E-state index is 13.0. The first-order valence-electron chi connectivity index (χ1n) is 10.1. The van der Waals surface area contributed by atoms with Gasteiger partial charge in [0, 0.05) is 31.7 Å². The van der Waals surface area contributed by atoms with Gasteiger partial charge >= 0.3 is 0 Å². The van der Waals surface area contributed by atoms with Crippen molar-refractivity contribution in [1.29, 1.82) is 0 Å². The van der Waals surface area contributed by atoms with Crippen LogP contribution in [0.1, 0.15) is 29.2 Å². The van der Waals surface area contributed by atoms with E-state index in [9.17, 15) is 4.79 Å². The summed E-state index contributed by atoms with van der Waals surface area (Å²) in [5.41, 5.74) is 1.62. The first kappa shape index (κ1) is 18.8. The van der Waals surface area contributed by atoms with Gasteiger partial charge in [-0.2, -0.15) is 5.10 Å². The van der Waals surface area contributed by atoms with E-state index in [2.05, 4.69) is 15.0 Å². The fraction of sp³-hybridized carbons (Fsp3) is 0.550. The normalized spacial score (nSPS) is 25.3. The summed E-state index contributed by atoms with van der Waals surface area (Å²) in [5, 5.41) is 4.80. The summed E-state index contributed by atoms with van der Waals surface area (Å²) in [6.45, 7) is 4.05. The zero-order chi connectivity index (χ0) is 19.8. The van der Waals surface area contributed by atoms with E-state index in [4.69, 9.17) is 21.1 Å². The quantitative estimate of drug-likeness (QED) is 0.760. The molecule has 29 heavy (non-hydrogen) atoms. The number of hydrogen-bond donors (Lipinski definition) is 0. The average molecular weight is 418 g/mol. The van der Waals surface area contributed by atoms with Crippen molar-refractivity contribution >= 4 is 23.2 Å². The molecule has 3 aliphatic rings. The van der Waals surface area contributed by atoms with Crippen molar-refractivity contribution < 1.29 is 14.3 Å². The predicted octanol–water partition coefficient (Wildman–Crippen LogP) is 2.01. The Morgan fingerprint density at radius 1 is 1.10 bits per heavy atom. The summed E-state index contributed by atoms with van der Waals surface area (Å²) in [6, 6.07) is 5.63. The fourth-order valence-electron chi connectivity index (χ4n) is 4.34. The van der Waals surface area contributed by atoms with Crippen molar-refractivity contribution in [3.63, 3.8) is 0 Å². The zero-order valence-corrected chi connectivity index (χ0v) is 16.9. The standard InChI is InChI=1S/C20H24ClN5O3/c21-16-7-14(3-4-17(16)24-5-1-2-6-24)20(27)25-8-18-19(9-25)29-11-15(10-28-18)26-13-22-12-23-26/h3-4,7,12-13,15,18-19H,1-2,5-6,8-11H2/t18-,19-/m0/s1. The molecule has 0 bridgehead atoms. The van der Waals surface area contributed by atoms with Gasteiger partial charge in [0.05, 0.1) is 23.9 Å². The number of nitrogens with zero attached hydrogens (tertiary/aromatic N) is 5.